The molecule has 3 nitrogen and oxygen atoms in total. The van der Waals surface area contributed by atoms with Crippen LogP contribution in [0.1, 0.15) is 37.7 Å². The van der Waals surface area contributed by atoms with Gasteiger partial charge in [-0.1, -0.05) is 6.42 Å². The van der Waals surface area contributed by atoms with E-state index in [0.29, 0.717) is 17.9 Å². The number of nitrogens with one attached hydrogen (secondary N) is 1. The molecule has 3 atom stereocenters. The van der Waals surface area contributed by atoms with Gasteiger partial charge in [-0.05, 0) is 61.3 Å². The molecule has 2 saturated carbocycles. The molecular formula is C16H18N2O. The molecule has 2 aliphatic rings. The first-order chi connectivity index (χ1) is 9.24. The van der Waals surface area contributed by atoms with Crippen molar-refractivity contribution in [2.75, 3.05) is 5.32 Å². The number of carbonyl (C=O) groups is 1. The van der Waals surface area contributed by atoms with Crippen molar-refractivity contribution in [1.29, 1.82) is 5.26 Å². The molecule has 3 rings (SSSR count). The Morgan fingerprint density at radius 2 is 2.05 bits per heavy atom. The molecule has 3 heteroatoms. The first-order valence-corrected chi connectivity index (χ1v) is 7.04. The van der Waals surface area contributed by atoms with E-state index in [1.165, 1.54) is 25.7 Å². The number of hydrogen-bond acceptors (Lipinski definition) is 2. The number of anilines is 1. The minimum Gasteiger partial charge on any atom is -0.326 e. The van der Waals surface area contributed by atoms with Crippen LogP contribution >= 0.6 is 0 Å². The van der Waals surface area contributed by atoms with Crippen LogP contribution in [-0.2, 0) is 4.79 Å². The lowest BCUT2D eigenvalue weighted by molar-refractivity contribution is -0.117. The second-order valence-corrected chi connectivity index (χ2v) is 5.88. The Hall–Kier alpha value is -1.82. The van der Waals surface area contributed by atoms with Crippen LogP contribution < -0.4 is 5.32 Å². The third-order valence-electron chi connectivity index (χ3n) is 4.63. The third kappa shape index (κ3) is 2.63. The van der Waals surface area contributed by atoms with Crippen molar-refractivity contribution in [3.8, 4) is 6.07 Å². The van der Waals surface area contributed by atoms with Crippen molar-refractivity contribution in [2.45, 2.75) is 32.1 Å². The molecule has 1 N–H and O–H groups in total. The van der Waals surface area contributed by atoms with Crippen molar-refractivity contribution in [3.05, 3.63) is 29.8 Å². The minimum atomic E-state index is 0.113. The maximum Gasteiger partial charge on any atom is 0.224 e. The molecule has 0 spiro atoms. The zero-order valence-corrected chi connectivity index (χ0v) is 10.9. The highest BCUT2D eigenvalue weighted by molar-refractivity contribution is 5.90. The number of amides is 1. The zero-order chi connectivity index (χ0) is 13.2. The van der Waals surface area contributed by atoms with E-state index in [-0.39, 0.29) is 5.91 Å². The predicted octanol–water partition coefficient (Wildman–Crippen LogP) is 3.32. The molecule has 0 unspecified atom stereocenters. The zero-order valence-electron chi connectivity index (χ0n) is 10.9. The normalized spacial score (nSPS) is 28.1. The van der Waals surface area contributed by atoms with Crippen LogP contribution in [0.3, 0.4) is 0 Å². The summed E-state index contributed by atoms with van der Waals surface area (Å²) in [5.74, 6) is 2.38. The second-order valence-electron chi connectivity index (χ2n) is 5.88. The van der Waals surface area contributed by atoms with E-state index in [1.807, 2.05) is 0 Å². The second kappa shape index (κ2) is 5.05. The van der Waals surface area contributed by atoms with Gasteiger partial charge in [-0.15, -0.1) is 0 Å². The van der Waals surface area contributed by atoms with Crippen molar-refractivity contribution in [3.63, 3.8) is 0 Å². The summed E-state index contributed by atoms with van der Waals surface area (Å²) in [4.78, 5) is 12.0. The van der Waals surface area contributed by atoms with Crippen LogP contribution in [-0.4, -0.2) is 5.91 Å². The van der Waals surface area contributed by atoms with Crippen LogP contribution in [0.25, 0.3) is 0 Å². The highest BCUT2D eigenvalue weighted by Crippen LogP contribution is 2.49. The molecular weight excluding hydrogens is 236 g/mol. The Morgan fingerprint density at radius 1 is 1.26 bits per heavy atom. The summed E-state index contributed by atoms with van der Waals surface area (Å²) in [6, 6.07) is 9.11. The standard InChI is InChI=1S/C16H18N2O/c17-10-11-2-5-15(6-3-11)18-16(19)9-14-8-12-1-4-13(14)7-12/h2-3,5-6,12-14H,1,4,7-9H2,(H,18,19)/t12-,13+,14+/m0/s1. The SMILES string of the molecule is N#Cc1ccc(NC(=O)C[C@H]2C[C@H]3CC[C@@H]2C3)cc1. The summed E-state index contributed by atoms with van der Waals surface area (Å²) < 4.78 is 0. The summed E-state index contributed by atoms with van der Waals surface area (Å²) >= 11 is 0. The van der Waals surface area contributed by atoms with Crippen molar-refractivity contribution < 1.29 is 4.79 Å². The highest BCUT2D eigenvalue weighted by atomic mass is 16.1. The molecule has 2 bridgehead atoms. The van der Waals surface area contributed by atoms with Gasteiger partial charge in [0.1, 0.15) is 0 Å². The lowest BCUT2D eigenvalue weighted by atomic mass is 9.86. The van der Waals surface area contributed by atoms with Crippen LogP contribution in [0.5, 0.6) is 0 Å². The van der Waals surface area contributed by atoms with E-state index in [2.05, 4.69) is 11.4 Å². The summed E-state index contributed by atoms with van der Waals surface area (Å²) in [5, 5.41) is 11.7. The summed E-state index contributed by atoms with van der Waals surface area (Å²) in [6.07, 6.45) is 5.93. The Bertz CT molecular complexity index is 515. The Morgan fingerprint density at radius 3 is 2.63 bits per heavy atom. The molecule has 0 saturated heterocycles. The molecule has 0 heterocycles. The maximum absolute atomic E-state index is 12.0. The predicted molar refractivity (Wildman–Crippen MR) is 73.3 cm³/mol. The van der Waals surface area contributed by atoms with Gasteiger partial charge in [0.25, 0.3) is 0 Å². The molecule has 0 aliphatic heterocycles. The monoisotopic (exact) mass is 254 g/mol. The third-order valence-corrected chi connectivity index (χ3v) is 4.63. The number of hydrogen-bond donors (Lipinski definition) is 1. The van der Waals surface area contributed by atoms with Crippen molar-refractivity contribution in [1.82, 2.24) is 0 Å². The summed E-state index contributed by atoms with van der Waals surface area (Å²) in [6.45, 7) is 0. The number of benzene rings is 1. The summed E-state index contributed by atoms with van der Waals surface area (Å²) in [7, 11) is 0. The van der Waals surface area contributed by atoms with Gasteiger partial charge >= 0.3 is 0 Å². The van der Waals surface area contributed by atoms with E-state index in [0.717, 1.165) is 17.5 Å². The van der Waals surface area contributed by atoms with Crippen LogP contribution in [0.2, 0.25) is 0 Å². The van der Waals surface area contributed by atoms with Gasteiger partial charge in [0.15, 0.2) is 0 Å². The van der Waals surface area contributed by atoms with Gasteiger partial charge in [-0.25, -0.2) is 0 Å². The lowest BCUT2D eigenvalue weighted by Crippen LogP contribution is -2.20. The van der Waals surface area contributed by atoms with Gasteiger partial charge in [0.05, 0.1) is 11.6 Å². The molecule has 19 heavy (non-hydrogen) atoms. The average molecular weight is 254 g/mol. The Kier molecular flexibility index (Phi) is 3.25. The molecule has 0 aromatic heterocycles. The van der Waals surface area contributed by atoms with E-state index in [1.54, 1.807) is 24.3 Å². The topological polar surface area (TPSA) is 52.9 Å². The van der Waals surface area contributed by atoms with Gasteiger partial charge in [-0.3, -0.25) is 4.79 Å². The van der Waals surface area contributed by atoms with Gasteiger partial charge < -0.3 is 5.32 Å². The van der Waals surface area contributed by atoms with Crippen molar-refractivity contribution in [2.24, 2.45) is 17.8 Å². The van der Waals surface area contributed by atoms with Gasteiger partial charge in [0.2, 0.25) is 5.91 Å². The minimum absolute atomic E-state index is 0.113. The molecule has 1 amide bonds. The quantitative estimate of drug-likeness (QED) is 0.899. The smallest absolute Gasteiger partial charge is 0.224 e. The van der Waals surface area contributed by atoms with E-state index >= 15 is 0 Å². The first kappa shape index (κ1) is 12.2. The fourth-order valence-electron chi connectivity index (χ4n) is 3.70. The number of rotatable bonds is 3. The van der Waals surface area contributed by atoms with Crippen LogP contribution in [0, 0.1) is 29.1 Å². The van der Waals surface area contributed by atoms with Crippen LogP contribution in [0.15, 0.2) is 24.3 Å². The van der Waals surface area contributed by atoms with E-state index in [4.69, 9.17) is 5.26 Å². The Labute approximate surface area is 113 Å². The number of fused-ring (bicyclic) bond motifs is 2. The van der Waals surface area contributed by atoms with Crippen LogP contribution in [0.4, 0.5) is 5.69 Å². The molecule has 98 valence electrons. The molecule has 1 aromatic rings. The Balaban J connectivity index is 1.55. The largest absolute Gasteiger partial charge is 0.326 e. The first-order valence-electron chi connectivity index (χ1n) is 7.04. The summed E-state index contributed by atoms with van der Waals surface area (Å²) in [5.41, 5.74) is 1.40. The highest BCUT2D eigenvalue weighted by Gasteiger charge is 2.40. The molecule has 1 aromatic carbocycles. The van der Waals surface area contributed by atoms with E-state index in [9.17, 15) is 4.79 Å². The number of carbonyl (C=O) groups excluding carboxylic acids is 1. The molecule has 2 fully saturated rings. The fourth-order valence-corrected chi connectivity index (χ4v) is 3.70. The van der Waals surface area contributed by atoms with Gasteiger partial charge in [0, 0.05) is 12.1 Å². The number of nitriles is 1. The van der Waals surface area contributed by atoms with E-state index < -0.39 is 0 Å². The molecule has 0 radical (unpaired) electrons. The number of nitrogens with zero attached hydrogens (tertiary/aromatic N) is 1. The van der Waals surface area contributed by atoms with Crippen molar-refractivity contribution >= 4 is 11.6 Å². The lowest BCUT2D eigenvalue weighted by Gasteiger charge is -2.20. The average Bonchev–Trinajstić information content (AvgIpc) is 3.02. The fraction of sp³-hybridized carbons (Fsp3) is 0.500. The molecule has 2 aliphatic carbocycles. The maximum atomic E-state index is 12.0. The van der Waals surface area contributed by atoms with Gasteiger partial charge in [-0.2, -0.15) is 5.26 Å².